The van der Waals surface area contributed by atoms with Crippen molar-refractivity contribution in [1.29, 1.82) is 0 Å². The van der Waals surface area contributed by atoms with Gasteiger partial charge >= 0.3 is 0 Å². The van der Waals surface area contributed by atoms with Crippen molar-refractivity contribution in [2.24, 2.45) is 0 Å². The van der Waals surface area contributed by atoms with Gasteiger partial charge in [0.05, 0.1) is 19.3 Å². The van der Waals surface area contributed by atoms with Gasteiger partial charge in [0.25, 0.3) is 5.91 Å². The fourth-order valence-electron chi connectivity index (χ4n) is 2.34. The SMILES string of the molecule is COc1cc(C(=O)NC(C)c2ccccc2Cl)ccc1OC(C)C. The van der Waals surface area contributed by atoms with E-state index >= 15 is 0 Å². The van der Waals surface area contributed by atoms with Crippen molar-refractivity contribution in [3.05, 3.63) is 58.6 Å². The van der Waals surface area contributed by atoms with Crippen molar-refractivity contribution in [3.8, 4) is 11.5 Å². The Hall–Kier alpha value is -2.20. The summed E-state index contributed by atoms with van der Waals surface area (Å²) in [5.74, 6) is 0.946. The topological polar surface area (TPSA) is 47.6 Å². The third kappa shape index (κ3) is 4.42. The third-order valence-corrected chi connectivity index (χ3v) is 3.85. The summed E-state index contributed by atoms with van der Waals surface area (Å²) in [6.45, 7) is 5.77. The van der Waals surface area contributed by atoms with E-state index in [1.54, 1.807) is 31.4 Å². The first-order chi connectivity index (χ1) is 11.4. The van der Waals surface area contributed by atoms with E-state index in [2.05, 4.69) is 5.32 Å². The van der Waals surface area contributed by atoms with Gasteiger partial charge in [0.1, 0.15) is 0 Å². The Labute approximate surface area is 147 Å². The average molecular weight is 348 g/mol. The van der Waals surface area contributed by atoms with Crippen LogP contribution in [0.4, 0.5) is 0 Å². The Morgan fingerprint density at radius 2 is 1.79 bits per heavy atom. The molecule has 0 aliphatic carbocycles. The van der Waals surface area contributed by atoms with Crippen LogP contribution in [0.1, 0.15) is 42.7 Å². The van der Waals surface area contributed by atoms with Crippen LogP contribution in [0, 0.1) is 0 Å². The molecule has 24 heavy (non-hydrogen) atoms. The Kier molecular flexibility index (Phi) is 6.10. The van der Waals surface area contributed by atoms with E-state index in [1.807, 2.05) is 39.0 Å². The van der Waals surface area contributed by atoms with Gasteiger partial charge in [-0.05, 0) is 50.6 Å². The molecule has 0 fully saturated rings. The minimum Gasteiger partial charge on any atom is -0.493 e. The second-order valence-electron chi connectivity index (χ2n) is 5.75. The number of hydrogen-bond donors (Lipinski definition) is 1. The molecule has 0 aliphatic rings. The lowest BCUT2D eigenvalue weighted by Crippen LogP contribution is -2.26. The Balaban J connectivity index is 2.16. The summed E-state index contributed by atoms with van der Waals surface area (Å²) >= 11 is 6.18. The average Bonchev–Trinajstić information content (AvgIpc) is 2.54. The lowest BCUT2D eigenvalue weighted by Gasteiger charge is -2.17. The van der Waals surface area contributed by atoms with Crippen LogP contribution >= 0.6 is 11.6 Å². The highest BCUT2D eigenvalue weighted by atomic mass is 35.5. The number of ether oxygens (including phenoxy) is 2. The number of benzene rings is 2. The summed E-state index contributed by atoms with van der Waals surface area (Å²) in [5, 5.41) is 3.57. The molecule has 128 valence electrons. The molecule has 0 aliphatic heterocycles. The van der Waals surface area contributed by atoms with Crippen LogP contribution in [0.15, 0.2) is 42.5 Å². The number of nitrogens with one attached hydrogen (secondary N) is 1. The monoisotopic (exact) mass is 347 g/mol. The molecule has 4 nitrogen and oxygen atoms in total. The van der Waals surface area contributed by atoms with Crippen molar-refractivity contribution in [3.63, 3.8) is 0 Å². The molecule has 0 aromatic heterocycles. The van der Waals surface area contributed by atoms with E-state index < -0.39 is 0 Å². The Bertz CT molecular complexity index is 716. The van der Waals surface area contributed by atoms with Gasteiger partial charge < -0.3 is 14.8 Å². The molecule has 0 saturated heterocycles. The fraction of sp³-hybridized carbons (Fsp3) is 0.316. The van der Waals surface area contributed by atoms with Gasteiger partial charge in [-0.25, -0.2) is 0 Å². The van der Waals surface area contributed by atoms with Crippen LogP contribution in [0.2, 0.25) is 5.02 Å². The summed E-state index contributed by atoms with van der Waals surface area (Å²) in [5.41, 5.74) is 1.38. The number of halogens is 1. The minimum atomic E-state index is -0.205. The molecule has 2 aromatic carbocycles. The summed E-state index contributed by atoms with van der Waals surface area (Å²) < 4.78 is 11.0. The smallest absolute Gasteiger partial charge is 0.251 e. The van der Waals surface area contributed by atoms with Gasteiger partial charge in [-0.2, -0.15) is 0 Å². The van der Waals surface area contributed by atoms with Gasteiger partial charge in [0.15, 0.2) is 11.5 Å². The number of carbonyl (C=O) groups is 1. The molecule has 1 unspecified atom stereocenters. The lowest BCUT2D eigenvalue weighted by atomic mass is 10.1. The van der Waals surface area contributed by atoms with E-state index in [9.17, 15) is 4.79 Å². The van der Waals surface area contributed by atoms with E-state index in [0.717, 1.165) is 5.56 Å². The molecule has 0 saturated carbocycles. The molecule has 0 spiro atoms. The standard InChI is InChI=1S/C19H22ClNO3/c1-12(2)24-17-10-9-14(11-18(17)23-4)19(22)21-13(3)15-7-5-6-8-16(15)20/h5-13H,1-4H3,(H,21,22). The van der Waals surface area contributed by atoms with E-state index in [1.165, 1.54) is 0 Å². The van der Waals surface area contributed by atoms with Crippen molar-refractivity contribution < 1.29 is 14.3 Å². The van der Waals surface area contributed by atoms with Crippen molar-refractivity contribution >= 4 is 17.5 Å². The summed E-state index contributed by atoms with van der Waals surface area (Å²) in [4.78, 5) is 12.5. The number of hydrogen-bond acceptors (Lipinski definition) is 3. The summed E-state index contributed by atoms with van der Waals surface area (Å²) in [6, 6.07) is 12.4. The molecule has 0 radical (unpaired) electrons. The van der Waals surface area contributed by atoms with E-state index in [-0.39, 0.29) is 18.1 Å². The molecule has 1 atom stereocenters. The molecule has 2 aromatic rings. The molecular formula is C19H22ClNO3. The lowest BCUT2D eigenvalue weighted by molar-refractivity contribution is 0.0939. The van der Waals surface area contributed by atoms with Crippen LogP contribution in [-0.2, 0) is 0 Å². The van der Waals surface area contributed by atoms with Gasteiger partial charge in [0, 0.05) is 10.6 Å². The number of rotatable bonds is 6. The minimum absolute atomic E-state index is 0.0267. The quantitative estimate of drug-likeness (QED) is 0.829. The van der Waals surface area contributed by atoms with Crippen molar-refractivity contribution in [2.75, 3.05) is 7.11 Å². The van der Waals surface area contributed by atoms with Crippen LogP contribution in [0.5, 0.6) is 11.5 Å². The van der Waals surface area contributed by atoms with Crippen LogP contribution < -0.4 is 14.8 Å². The molecule has 2 rings (SSSR count). The van der Waals surface area contributed by atoms with Crippen molar-refractivity contribution in [1.82, 2.24) is 5.32 Å². The first-order valence-corrected chi connectivity index (χ1v) is 8.20. The van der Waals surface area contributed by atoms with Gasteiger partial charge in [-0.1, -0.05) is 29.8 Å². The van der Waals surface area contributed by atoms with E-state index in [4.69, 9.17) is 21.1 Å². The third-order valence-electron chi connectivity index (χ3n) is 3.51. The highest BCUT2D eigenvalue weighted by Crippen LogP contribution is 2.29. The molecule has 0 bridgehead atoms. The zero-order valence-corrected chi connectivity index (χ0v) is 15.1. The number of methoxy groups -OCH3 is 1. The highest BCUT2D eigenvalue weighted by molar-refractivity contribution is 6.31. The molecule has 5 heteroatoms. The summed E-state index contributed by atoms with van der Waals surface area (Å²) in [7, 11) is 1.55. The first kappa shape index (κ1) is 18.1. The van der Waals surface area contributed by atoms with Gasteiger partial charge in [-0.3, -0.25) is 4.79 Å². The first-order valence-electron chi connectivity index (χ1n) is 7.82. The highest BCUT2D eigenvalue weighted by Gasteiger charge is 2.16. The normalized spacial score (nSPS) is 11.9. The van der Waals surface area contributed by atoms with Crippen LogP contribution in [-0.4, -0.2) is 19.1 Å². The summed E-state index contributed by atoms with van der Waals surface area (Å²) in [6.07, 6.45) is 0.0267. The predicted molar refractivity (Wildman–Crippen MR) is 96.1 cm³/mol. The fourth-order valence-corrected chi connectivity index (χ4v) is 2.64. The largest absolute Gasteiger partial charge is 0.493 e. The number of amides is 1. The predicted octanol–water partition coefficient (Wildman–Crippen LogP) is 4.63. The second-order valence-corrected chi connectivity index (χ2v) is 6.16. The Morgan fingerprint density at radius 1 is 1.08 bits per heavy atom. The zero-order chi connectivity index (χ0) is 17.7. The van der Waals surface area contributed by atoms with Crippen LogP contribution in [0.25, 0.3) is 0 Å². The zero-order valence-electron chi connectivity index (χ0n) is 14.3. The van der Waals surface area contributed by atoms with Crippen molar-refractivity contribution in [2.45, 2.75) is 32.9 Å². The maximum atomic E-state index is 12.5. The molecular weight excluding hydrogens is 326 g/mol. The van der Waals surface area contributed by atoms with E-state index in [0.29, 0.717) is 22.1 Å². The maximum absolute atomic E-state index is 12.5. The van der Waals surface area contributed by atoms with Gasteiger partial charge in [0.2, 0.25) is 0 Å². The maximum Gasteiger partial charge on any atom is 0.251 e. The van der Waals surface area contributed by atoms with Crippen LogP contribution in [0.3, 0.4) is 0 Å². The number of carbonyl (C=O) groups excluding carboxylic acids is 1. The second kappa shape index (κ2) is 8.06. The molecule has 1 amide bonds. The Morgan fingerprint density at radius 3 is 2.42 bits per heavy atom. The molecule has 1 N–H and O–H groups in total. The van der Waals surface area contributed by atoms with Gasteiger partial charge in [-0.15, -0.1) is 0 Å². The molecule has 0 heterocycles.